The van der Waals surface area contributed by atoms with Crippen LogP contribution in [0, 0.1) is 6.92 Å². The number of likely N-dealkylation sites (N-methyl/N-ethyl adjacent to an activating group) is 1. The van der Waals surface area contributed by atoms with Crippen molar-refractivity contribution in [3.05, 3.63) is 29.6 Å². The molecule has 0 saturated carbocycles. The number of thioether (sulfide) groups is 1. The average molecular weight is 268 g/mol. The number of aryl methyl sites for hydroxylation is 1. The Balaban J connectivity index is 2.57. The largest absolute Gasteiger partial charge is 0.383 e. The number of hydrogen-bond acceptors (Lipinski definition) is 4. The molecule has 0 bridgehead atoms. The van der Waals surface area contributed by atoms with Crippen LogP contribution in [0.25, 0.3) is 0 Å². The highest BCUT2D eigenvalue weighted by Gasteiger charge is 2.19. The van der Waals surface area contributed by atoms with E-state index in [4.69, 9.17) is 0 Å². The molecule has 0 aliphatic heterocycles. The minimum absolute atomic E-state index is 0.222. The van der Waals surface area contributed by atoms with E-state index >= 15 is 0 Å². The van der Waals surface area contributed by atoms with Crippen LogP contribution >= 0.6 is 11.8 Å². The summed E-state index contributed by atoms with van der Waals surface area (Å²) in [6.07, 6.45) is 5.05. The van der Waals surface area contributed by atoms with E-state index in [0.29, 0.717) is 13.0 Å². The van der Waals surface area contributed by atoms with Crippen molar-refractivity contribution in [1.29, 1.82) is 0 Å². The second-order valence-corrected chi connectivity index (χ2v) is 5.28. The first kappa shape index (κ1) is 15.0. The number of nitrogens with zero attached hydrogens (tertiary/aromatic N) is 2. The summed E-state index contributed by atoms with van der Waals surface area (Å²) in [7, 11) is 1.71. The summed E-state index contributed by atoms with van der Waals surface area (Å²) in [5.74, 6) is 0.565. The minimum atomic E-state index is -0.899. The van der Waals surface area contributed by atoms with Crippen LogP contribution in [0.2, 0.25) is 0 Å². The van der Waals surface area contributed by atoms with Crippen molar-refractivity contribution in [2.75, 3.05) is 19.1 Å². The number of aromatic nitrogens is 1. The van der Waals surface area contributed by atoms with Gasteiger partial charge in [0.1, 0.15) is 6.10 Å². The third-order valence-electron chi connectivity index (χ3n) is 2.80. The first-order chi connectivity index (χ1) is 8.56. The topological polar surface area (TPSA) is 53.4 Å². The van der Waals surface area contributed by atoms with Crippen molar-refractivity contribution in [3.8, 4) is 0 Å². The maximum Gasteiger partial charge on any atom is 0.251 e. The lowest BCUT2D eigenvalue weighted by Crippen LogP contribution is -2.36. The molecule has 100 valence electrons. The maximum atomic E-state index is 11.9. The monoisotopic (exact) mass is 268 g/mol. The number of pyridine rings is 1. The Bertz CT molecular complexity index is 398. The van der Waals surface area contributed by atoms with Crippen molar-refractivity contribution in [3.63, 3.8) is 0 Å². The number of rotatable bonds is 6. The first-order valence-electron chi connectivity index (χ1n) is 5.87. The summed E-state index contributed by atoms with van der Waals surface area (Å²) < 4.78 is 0. The smallest absolute Gasteiger partial charge is 0.251 e. The van der Waals surface area contributed by atoms with Crippen molar-refractivity contribution in [2.45, 2.75) is 26.0 Å². The van der Waals surface area contributed by atoms with Gasteiger partial charge in [-0.15, -0.1) is 0 Å². The number of aliphatic hydroxyl groups is 1. The standard InChI is InChI=1S/C13H20N2O2S/c1-10-8-14-6-4-11(10)9-15(2)13(17)12(16)5-7-18-3/h4,6,8,12,16H,5,7,9H2,1-3H3/t12-/m0/s1. The van der Waals surface area contributed by atoms with Crippen LogP contribution in [-0.2, 0) is 11.3 Å². The number of amides is 1. The summed E-state index contributed by atoms with van der Waals surface area (Å²) in [5, 5.41) is 9.75. The predicted octanol–water partition coefficient (Wildman–Crippen LogP) is 1.46. The van der Waals surface area contributed by atoms with Gasteiger partial charge in [0.05, 0.1) is 0 Å². The molecule has 0 aliphatic rings. The highest BCUT2D eigenvalue weighted by Crippen LogP contribution is 2.10. The fourth-order valence-electron chi connectivity index (χ4n) is 1.62. The normalized spacial score (nSPS) is 12.2. The van der Waals surface area contributed by atoms with Gasteiger partial charge >= 0.3 is 0 Å². The molecule has 0 saturated heterocycles. The van der Waals surface area contributed by atoms with Gasteiger partial charge in [-0.25, -0.2) is 0 Å². The lowest BCUT2D eigenvalue weighted by Gasteiger charge is -2.21. The number of aliphatic hydroxyl groups excluding tert-OH is 1. The molecule has 4 nitrogen and oxygen atoms in total. The minimum Gasteiger partial charge on any atom is -0.383 e. The SMILES string of the molecule is CSCC[C@H](O)C(=O)N(C)Cc1ccncc1C. The molecular formula is C13H20N2O2S. The molecular weight excluding hydrogens is 248 g/mol. The van der Waals surface area contributed by atoms with Gasteiger partial charge in [0.15, 0.2) is 0 Å². The second-order valence-electron chi connectivity index (χ2n) is 4.29. The van der Waals surface area contributed by atoms with Crippen molar-refractivity contribution < 1.29 is 9.90 Å². The van der Waals surface area contributed by atoms with E-state index in [9.17, 15) is 9.90 Å². The van der Waals surface area contributed by atoms with Crippen LogP contribution in [0.4, 0.5) is 0 Å². The van der Waals surface area contributed by atoms with E-state index < -0.39 is 6.10 Å². The zero-order valence-electron chi connectivity index (χ0n) is 11.1. The molecule has 18 heavy (non-hydrogen) atoms. The van der Waals surface area contributed by atoms with Gasteiger partial charge in [0.25, 0.3) is 5.91 Å². The third-order valence-corrected chi connectivity index (χ3v) is 3.44. The Morgan fingerprint density at radius 1 is 1.61 bits per heavy atom. The summed E-state index contributed by atoms with van der Waals surface area (Å²) >= 11 is 1.63. The van der Waals surface area contributed by atoms with Crippen LogP contribution in [0.5, 0.6) is 0 Å². The Kier molecular flexibility index (Phi) is 6.15. The zero-order valence-corrected chi connectivity index (χ0v) is 11.9. The number of carbonyl (C=O) groups excluding carboxylic acids is 1. The van der Waals surface area contributed by atoms with Crippen molar-refractivity contribution >= 4 is 17.7 Å². The van der Waals surface area contributed by atoms with Gasteiger partial charge < -0.3 is 10.0 Å². The molecule has 1 atom stereocenters. The van der Waals surface area contributed by atoms with Crippen molar-refractivity contribution in [1.82, 2.24) is 9.88 Å². The van der Waals surface area contributed by atoms with Gasteiger partial charge in [-0.1, -0.05) is 0 Å². The molecule has 1 aromatic heterocycles. The molecule has 0 unspecified atom stereocenters. The van der Waals surface area contributed by atoms with E-state index in [1.54, 1.807) is 36.1 Å². The van der Waals surface area contributed by atoms with E-state index in [1.165, 1.54) is 0 Å². The van der Waals surface area contributed by atoms with Gasteiger partial charge in [-0.05, 0) is 42.5 Å². The van der Waals surface area contributed by atoms with Crippen LogP contribution in [0.3, 0.4) is 0 Å². The third kappa shape index (κ3) is 4.31. The molecule has 1 aromatic rings. The summed E-state index contributed by atoms with van der Waals surface area (Å²) in [4.78, 5) is 17.5. The Hall–Kier alpha value is -1.07. The Morgan fingerprint density at radius 3 is 2.94 bits per heavy atom. The van der Waals surface area contributed by atoms with Gasteiger partial charge in [0, 0.05) is 26.0 Å². The first-order valence-corrected chi connectivity index (χ1v) is 7.27. The van der Waals surface area contributed by atoms with E-state index in [-0.39, 0.29) is 5.91 Å². The number of carbonyl (C=O) groups is 1. The summed E-state index contributed by atoms with van der Waals surface area (Å²) in [6, 6.07) is 1.90. The lowest BCUT2D eigenvalue weighted by molar-refractivity contribution is -0.139. The molecule has 0 spiro atoms. The molecule has 0 aromatic carbocycles. The quantitative estimate of drug-likeness (QED) is 0.848. The molecule has 5 heteroatoms. The molecule has 0 fully saturated rings. The predicted molar refractivity (Wildman–Crippen MR) is 74.5 cm³/mol. The van der Waals surface area contributed by atoms with Crippen LogP contribution < -0.4 is 0 Å². The zero-order chi connectivity index (χ0) is 13.5. The van der Waals surface area contributed by atoms with Crippen LogP contribution in [0.15, 0.2) is 18.5 Å². The molecule has 0 aliphatic carbocycles. The summed E-state index contributed by atoms with van der Waals surface area (Å²) in [6.45, 7) is 2.47. The van der Waals surface area contributed by atoms with Crippen LogP contribution in [-0.4, -0.2) is 46.1 Å². The second kappa shape index (κ2) is 7.38. The Morgan fingerprint density at radius 2 is 2.33 bits per heavy atom. The highest BCUT2D eigenvalue weighted by molar-refractivity contribution is 7.98. The maximum absolute atomic E-state index is 11.9. The molecule has 1 rings (SSSR count). The molecule has 1 heterocycles. The van der Waals surface area contributed by atoms with Gasteiger partial charge in [0.2, 0.25) is 0 Å². The summed E-state index contributed by atoms with van der Waals surface area (Å²) in [5.41, 5.74) is 2.11. The van der Waals surface area contributed by atoms with Gasteiger partial charge in [-0.2, -0.15) is 11.8 Å². The van der Waals surface area contributed by atoms with Gasteiger partial charge in [-0.3, -0.25) is 9.78 Å². The molecule has 1 N–H and O–H groups in total. The number of hydrogen-bond donors (Lipinski definition) is 1. The average Bonchev–Trinajstić information content (AvgIpc) is 2.37. The fraction of sp³-hybridized carbons (Fsp3) is 0.538. The van der Waals surface area contributed by atoms with Crippen molar-refractivity contribution in [2.24, 2.45) is 0 Å². The Labute approximate surface area is 112 Å². The highest BCUT2D eigenvalue weighted by atomic mass is 32.2. The van der Waals surface area contributed by atoms with E-state index in [2.05, 4.69) is 4.98 Å². The lowest BCUT2D eigenvalue weighted by atomic mass is 10.1. The fourth-order valence-corrected chi connectivity index (χ4v) is 2.08. The molecule has 0 radical (unpaired) electrons. The van der Waals surface area contributed by atoms with Crippen LogP contribution in [0.1, 0.15) is 17.5 Å². The van der Waals surface area contributed by atoms with E-state index in [0.717, 1.165) is 16.9 Å². The molecule has 1 amide bonds. The van der Waals surface area contributed by atoms with E-state index in [1.807, 2.05) is 19.2 Å².